The van der Waals surface area contributed by atoms with Gasteiger partial charge < -0.3 is 14.9 Å². The molecule has 170 valence electrons. The van der Waals surface area contributed by atoms with E-state index < -0.39 is 18.7 Å². The van der Waals surface area contributed by atoms with Crippen LogP contribution in [0.3, 0.4) is 0 Å². The normalized spacial score (nSPS) is 24.7. The number of halogens is 3. The second-order valence-electron chi connectivity index (χ2n) is 9.85. The Labute approximate surface area is 183 Å². The van der Waals surface area contributed by atoms with Crippen LogP contribution in [0.25, 0.3) is 10.2 Å². The Balaban J connectivity index is 1.70. The van der Waals surface area contributed by atoms with Crippen molar-refractivity contribution in [3.63, 3.8) is 0 Å². The minimum absolute atomic E-state index is 0.135. The van der Waals surface area contributed by atoms with E-state index in [1.807, 2.05) is 0 Å². The summed E-state index contributed by atoms with van der Waals surface area (Å²) >= 11 is 1.06. The minimum atomic E-state index is -4.27. The van der Waals surface area contributed by atoms with Crippen LogP contribution in [-0.2, 0) is 6.42 Å². The van der Waals surface area contributed by atoms with E-state index >= 15 is 0 Å². The van der Waals surface area contributed by atoms with Crippen molar-refractivity contribution in [3.05, 3.63) is 16.8 Å². The number of hydrogen-bond donors (Lipinski definition) is 1. The van der Waals surface area contributed by atoms with Gasteiger partial charge in [0.2, 0.25) is 0 Å². The molecule has 1 amide bonds. The molecule has 10 heteroatoms. The number of amides is 1. The van der Waals surface area contributed by atoms with Crippen molar-refractivity contribution in [3.8, 4) is 0 Å². The highest BCUT2D eigenvalue weighted by atomic mass is 32.1. The Kier molecular flexibility index (Phi) is 5.14. The van der Waals surface area contributed by atoms with E-state index in [1.54, 1.807) is 17.9 Å². The molecule has 4 heterocycles. The zero-order valence-corrected chi connectivity index (χ0v) is 18.9. The first-order valence-electron chi connectivity index (χ1n) is 10.4. The van der Waals surface area contributed by atoms with Crippen molar-refractivity contribution in [2.45, 2.75) is 59.2 Å². The van der Waals surface area contributed by atoms with Crippen LogP contribution in [0.15, 0.2) is 6.07 Å². The summed E-state index contributed by atoms with van der Waals surface area (Å²) in [5.74, 6) is 1.18. The van der Waals surface area contributed by atoms with Crippen LogP contribution in [0.1, 0.15) is 44.3 Å². The van der Waals surface area contributed by atoms with Crippen LogP contribution >= 0.6 is 11.3 Å². The quantitative estimate of drug-likeness (QED) is 0.681. The van der Waals surface area contributed by atoms with E-state index in [0.29, 0.717) is 41.5 Å². The molecule has 2 aromatic heterocycles. The van der Waals surface area contributed by atoms with Gasteiger partial charge >= 0.3 is 12.3 Å². The van der Waals surface area contributed by atoms with Gasteiger partial charge in [-0.15, -0.1) is 11.3 Å². The highest BCUT2D eigenvalue weighted by molar-refractivity contribution is 7.18. The van der Waals surface area contributed by atoms with Gasteiger partial charge in [0.25, 0.3) is 0 Å². The van der Waals surface area contributed by atoms with E-state index in [4.69, 9.17) is 0 Å². The first-order chi connectivity index (χ1) is 14.3. The number of carboxylic acid groups (broad SMARTS) is 1. The highest BCUT2D eigenvalue weighted by Gasteiger charge is 2.56. The number of aryl methyl sites for hydroxylation is 1. The third-order valence-corrected chi connectivity index (χ3v) is 7.43. The van der Waals surface area contributed by atoms with Crippen LogP contribution < -0.4 is 4.90 Å². The Hall–Kier alpha value is -2.10. The van der Waals surface area contributed by atoms with Crippen LogP contribution in [0.5, 0.6) is 0 Å². The molecule has 2 aliphatic heterocycles. The molecule has 0 bridgehead atoms. The molecule has 6 nitrogen and oxygen atoms in total. The maximum absolute atomic E-state index is 12.9. The largest absolute Gasteiger partial charge is 0.465 e. The molecule has 0 saturated carbocycles. The molecule has 31 heavy (non-hydrogen) atoms. The molecule has 4 rings (SSSR count). The molecule has 1 spiro atoms. The highest BCUT2D eigenvalue weighted by Crippen LogP contribution is 2.52. The molecule has 0 aliphatic carbocycles. The summed E-state index contributed by atoms with van der Waals surface area (Å²) < 4.78 is 38.7. The Morgan fingerprint density at radius 3 is 2.55 bits per heavy atom. The fourth-order valence-corrected chi connectivity index (χ4v) is 6.72. The summed E-state index contributed by atoms with van der Waals surface area (Å²) in [5, 5.41) is 10.4. The standard InChI is InChI=1S/C21H27F3N4O2S/c1-12-25-15(14-9-13(10-21(22,23)24)31-16(14)26-12)27-7-5-20(11-27)6-8-28(18(29)30)17(20)19(2,3)4/h9,17H,5-8,10-11H2,1-4H3,(H,29,30). The number of fused-ring (bicyclic) bond motifs is 1. The van der Waals surface area contributed by atoms with Crippen molar-refractivity contribution < 1.29 is 23.1 Å². The maximum atomic E-state index is 12.9. The number of thiophene rings is 1. The van der Waals surface area contributed by atoms with Gasteiger partial charge in [-0.3, -0.25) is 0 Å². The van der Waals surface area contributed by atoms with Gasteiger partial charge in [0, 0.05) is 36.0 Å². The third kappa shape index (κ3) is 4.06. The number of likely N-dealkylation sites (tertiary alicyclic amines) is 1. The lowest BCUT2D eigenvalue weighted by atomic mass is 9.68. The number of aromatic nitrogens is 2. The summed E-state index contributed by atoms with van der Waals surface area (Å²) in [4.78, 5) is 25.3. The number of nitrogens with zero attached hydrogens (tertiary/aromatic N) is 4. The van der Waals surface area contributed by atoms with Gasteiger partial charge in [0.05, 0.1) is 11.8 Å². The van der Waals surface area contributed by atoms with E-state index in [-0.39, 0.29) is 21.7 Å². The first kappa shape index (κ1) is 22.1. The number of anilines is 1. The summed E-state index contributed by atoms with van der Waals surface area (Å²) in [6, 6.07) is 1.43. The van der Waals surface area contributed by atoms with E-state index in [9.17, 15) is 23.1 Å². The molecule has 2 unspecified atom stereocenters. The zero-order valence-electron chi connectivity index (χ0n) is 18.1. The number of rotatable bonds is 2. The smallest absolute Gasteiger partial charge is 0.407 e. The summed E-state index contributed by atoms with van der Waals surface area (Å²) in [6.45, 7) is 9.77. The maximum Gasteiger partial charge on any atom is 0.407 e. The van der Waals surface area contributed by atoms with Crippen molar-refractivity contribution in [2.24, 2.45) is 10.8 Å². The fourth-order valence-electron chi connectivity index (χ4n) is 5.62. The Bertz CT molecular complexity index is 1020. The SMILES string of the molecule is Cc1nc(N2CCC3(CCN(C(=O)O)C3C(C)(C)C)C2)c2cc(CC(F)(F)F)sc2n1. The predicted molar refractivity (Wildman–Crippen MR) is 114 cm³/mol. The number of carbonyl (C=O) groups is 1. The van der Waals surface area contributed by atoms with Gasteiger partial charge in [-0.05, 0) is 31.2 Å². The molecule has 0 radical (unpaired) electrons. The average Bonchev–Trinajstić information content (AvgIpc) is 3.29. The van der Waals surface area contributed by atoms with Crippen LogP contribution in [0, 0.1) is 17.8 Å². The topological polar surface area (TPSA) is 69.6 Å². The molecule has 2 atom stereocenters. The van der Waals surface area contributed by atoms with Crippen molar-refractivity contribution in [1.82, 2.24) is 14.9 Å². The van der Waals surface area contributed by atoms with Gasteiger partial charge in [-0.25, -0.2) is 14.8 Å². The first-order valence-corrected chi connectivity index (χ1v) is 11.2. The minimum Gasteiger partial charge on any atom is -0.465 e. The van der Waals surface area contributed by atoms with E-state index in [2.05, 4.69) is 35.6 Å². The van der Waals surface area contributed by atoms with E-state index in [1.165, 1.54) is 0 Å². The van der Waals surface area contributed by atoms with E-state index in [0.717, 1.165) is 24.2 Å². The second kappa shape index (κ2) is 7.21. The lowest BCUT2D eigenvalue weighted by Crippen LogP contribution is -2.51. The van der Waals surface area contributed by atoms with Crippen molar-refractivity contribution in [1.29, 1.82) is 0 Å². The summed E-state index contributed by atoms with van der Waals surface area (Å²) in [7, 11) is 0. The van der Waals surface area contributed by atoms with Crippen LogP contribution in [0.2, 0.25) is 0 Å². The summed E-state index contributed by atoms with van der Waals surface area (Å²) in [5.41, 5.74) is -0.434. The number of alkyl halides is 3. The van der Waals surface area contributed by atoms with Gasteiger partial charge in [-0.2, -0.15) is 13.2 Å². The Morgan fingerprint density at radius 2 is 1.94 bits per heavy atom. The fraction of sp³-hybridized carbons (Fsp3) is 0.667. The summed E-state index contributed by atoms with van der Waals surface area (Å²) in [6.07, 6.45) is -4.55. The molecule has 2 aliphatic rings. The predicted octanol–water partition coefficient (Wildman–Crippen LogP) is 5.10. The van der Waals surface area contributed by atoms with Gasteiger partial charge in [0.1, 0.15) is 16.5 Å². The lowest BCUT2D eigenvalue weighted by Gasteiger charge is -2.42. The average molecular weight is 457 g/mol. The van der Waals surface area contributed by atoms with Crippen LogP contribution in [-0.4, -0.2) is 57.9 Å². The molecular weight excluding hydrogens is 429 g/mol. The van der Waals surface area contributed by atoms with Crippen molar-refractivity contribution >= 4 is 33.5 Å². The lowest BCUT2D eigenvalue weighted by molar-refractivity contribution is -0.126. The van der Waals surface area contributed by atoms with Gasteiger partial charge in [-0.1, -0.05) is 20.8 Å². The zero-order chi connectivity index (χ0) is 22.8. The number of hydrogen-bond acceptors (Lipinski definition) is 5. The van der Waals surface area contributed by atoms with Gasteiger partial charge in [0.15, 0.2) is 0 Å². The monoisotopic (exact) mass is 456 g/mol. The molecule has 2 saturated heterocycles. The molecular formula is C21H27F3N4O2S. The molecule has 0 aromatic carbocycles. The molecule has 2 aromatic rings. The third-order valence-electron chi connectivity index (χ3n) is 6.40. The Morgan fingerprint density at radius 1 is 1.26 bits per heavy atom. The molecule has 1 N–H and O–H groups in total. The van der Waals surface area contributed by atoms with Crippen molar-refractivity contribution in [2.75, 3.05) is 24.5 Å². The second-order valence-corrected chi connectivity index (χ2v) is 11.0. The molecule has 2 fully saturated rings. The van der Waals surface area contributed by atoms with Crippen LogP contribution in [0.4, 0.5) is 23.8 Å².